The van der Waals surface area contributed by atoms with E-state index in [2.05, 4.69) is 27.7 Å². The molecule has 0 spiro atoms. The molecule has 0 aliphatic rings. The summed E-state index contributed by atoms with van der Waals surface area (Å²) in [7, 11) is 0. The summed E-state index contributed by atoms with van der Waals surface area (Å²) in [4.78, 5) is 9.44. The van der Waals surface area contributed by atoms with Gasteiger partial charge < -0.3 is 9.28 Å². The number of rotatable bonds is 4. The maximum Gasteiger partial charge on any atom is 4.00 e. The summed E-state index contributed by atoms with van der Waals surface area (Å²) in [5, 5.41) is 0. The minimum atomic E-state index is 0. The third kappa shape index (κ3) is 10.6. The zero-order valence-corrected chi connectivity index (χ0v) is 13.1. The van der Waals surface area contributed by atoms with Gasteiger partial charge >= 0.3 is 26.2 Å². The van der Waals surface area contributed by atoms with E-state index in [9.17, 15) is 4.79 Å². The van der Waals surface area contributed by atoms with Crippen molar-refractivity contribution in [1.29, 1.82) is 0 Å². The van der Waals surface area contributed by atoms with Crippen LogP contribution in [-0.4, -0.2) is 36.4 Å². The van der Waals surface area contributed by atoms with Gasteiger partial charge in [-0.25, -0.2) is 0 Å². The maximum atomic E-state index is 9.44. The molecule has 0 saturated heterocycles. The Bertz CT molecular complexity index is 112. The summed E-state index contributed by atoms with van der Waals surface area (Å²) in [6.45, 7) is 17.3. The maximum absolute atomic E-state index is 9.44. The molecular formula is C11H26NOZr+5. The van der Waals surface area contributed by atoms with Crippen LogP contribution in [0.2, 0.25) is 0 Å². The van der Waals surface area contributed by atoms with Crippen molar-refractivity contribution in [1.82, 2.24) is 0 Å². The molecule has 0 N–H and O–H groups in total. The van der Waals surface area contributed by atoms with Crippen molar-refractivity contribution in [2.75, 3.05) is 26.2 Å². The predicted octanol–water partition coefficient (Wildman–Crippen LogP) is 2.48. The summed E-state index contributed by atoms with van der Waals surface area (Å²) in [6, 6.07) is 0. The van der Waals surface area contributed by atoms with Gasteiger partial charge in [-0.3, -0.25) is 0 Å². The second-order valence-corrected chi connectivity index (χ2v) is 3.51. The first-order valence-corrected chi connectivity index (χ1v) is 5.30. The van der Waals surface area contributed by atoms with Crippen LogP contribution in [0.1, 0.15) is 41.5 Å². The summed E-state index contributed by atoms with van der Waals surface area (Å²) >= 11 is 0. The molecule has 0 fully saturated rings. The zero-order chi connectivity index (χ0) is 10.9. The standard InChI is InChI=1S/C8H20N.C3H6O.Zr/c1-5-9(6-2,7-3)8-4;1-3(2)4;/h5-8H2,1-4H3;1-2H3;/q+1;;+4. The predicted molar refractivity (Wildman–Crippen MR) is 58.8 cm³/mol. The van der Waals surface area contributed by atoms with Crippen LogP contribution >= 0.6 is 0 Å². The Balaban J connectivity index is -0.000000209. The quantitative estimate of drug-likeness (QED) is 0.723. The molecule has 0 saturated carbocycles. The molecule has 14 heavy (non-hydrogen) atoms. The molecule has 0 radical (unpaired) electrons. The number of nitrogens with zero attached hydrogens (tertiary/aromatic N) is 1. The third-order valence-corrected chi connectivity index (χ3v) is 2.68. The van der Waals surface area contributed by atoms with Crippen LogP contribution in [-0.2, 0) is 31.0 Å². The fraction of sp³-hybridized carbons (Fsp3) is 0.909. The van der Waals surface area contributed by atoms with E-state index >= 15 is 0 Å². The normalized spacial score (nSPS) is 9.57. The number of hydrogen-bond acceptors (Lipinski definition) is 1. The number of carbonyl (C=O) groups is 1. The van der Waals surface area contributed by atoms with Gasteiger partial charge in [-0.15, -0.1) is 0 Å². The first kappa shape index (κ1) is 20.0. The first-order chi connectivity index (χ1) is 5.97. The van der Waals surface area contributed by atoms with Crippen molar-refractivity contribution in [2.45, 2.75) is 41.5 Å². The molecule has 0 aromatic heterocycles. The molecule has 0 aliphatic carbocycles. The zero-order valence-electron chi connectivity index (χ0n) is 10.7. The van der Waals surface area contributed by atoms with Gasteiger partial charge in [0, 0.05) is 0 Å². The van der Waals surface area contributed by atoms with Crippen LogP contribution in [0.15, 0.2) is 0 Å². The average Bonchev–Trinajstić information content (AvgIpc) is 2.09. The van der Waals surface area contributed by atoms with E-state index in [4.69, 9.17) is 0 Å². The van der Waals surface area contributed by atoms with E-state index in [1.165, 1.54) is 44.5 Å². The number of quaternary nitrogens is 1. The molecule has 0 bridgehead atoms. The Morgan fingerprint density at radius 2 is 1.00 bits per heavy atom. The van der Waals surface area contributed by atoms with Crippen molar-refractivity contribution in [3.05, 3.63) is 0 Å². The fourth-order valence-electron chi connectivity index (χ4n) is 1.34. The number of Topliss-reactive ketones (excluding diaryl/α,β-unsaturated/α-hetero) is 1. The smallest absolute Gasteiger partial charge is 0.325 e. The van der Waals surface area contributed by atoms with Gasteiger partial charge in [-0.05, 0) is 41.5 Å². The summed E-state index contributed by atoms with van der Waals surface area (Å²) < 4.78 is 1.28. The van der Waals surface area contributed by atoms with Crippen molar-refractivity contribution < 1.29 is 35.5 Å². The summed E-state index contributed by atoms with van der Waals surface area (Å²) in [5.74, 6) is 0.167. The molecule has 0 aromatic rings. The van der Waals surface area contributed by atoms with Gasteiger partial charge in [0.2, 0.25) is 0 Å². The van der Waals surface area contributed by atoms with Crippen molar-refractivity contribution in [3.8, 4) is 0 Å². The van der Waals surface area contributed by atoms with E-state index in [-0.39, 0.29) is 32.0 Å². The second-order valence-electron chi connectivity index (χ2n) is 3.51. The largest absolute Gasteiger partial charge is 4.00 e. The van der Waals surface area contributed by atoms with E-state index in [1.807, 2.05) is 0 Å². The summed E-state index contributed by atoms with van der Waals surface area (Å²) in [6.07, 6.45) is 0. The first-order valence-electron chi connectivity index (χ1n) is 5.30. The molecule has 0 aliphatic heterocycles. The molecule has 0 atom stereocenters. The number of ketones is 1. The number of carbonyl (C=O) groups excluding carboxylic acids is 1. The van der Waals surface area contributed by atoms with Crippen LogP contribution < -0.4 is 0 Å². The van der Waals surface area contributed by atoms with Crippen molar-refractivity contribution in [3.63, 3.8) is 0 Å². The Morgan fingerprint density at radius 3 is 1.00 bits per heavy atom. The van der Waals surface area contributed by atoms with Gasteiger partial charge in [0.05, 0.1) is 26.2 Å². The monoisotopic (exact) mass is 278 g/mol. The topological polar surface area (TPSA) is 17.1 Å². The van der Waals surface area contributed by atoms with E-state index in [0.29, 0.717) is 0 Å². The molecule has 3 heteroatoms. The van der Waals surface area contributed by atoms with Gasteiger partial charge in [0.15, 0.2) is 0 Å². The Hall–Kier alpha value is 0.513. The van der Waals surface area contributed by atoms with Crippen LogP contribution in [0.5, 0.6) is 0 Å². The molecule has 0 unspecified atom stereocenters. The second kappa shape index (κ2) is 11.6. The SMILES string of the molecule is CC(C)=O.CC[N+](CC)(CC)CC.[Zr+4]. The van der Waals surface area contributed by atoms with Crippen LogP contribution in [0.4, 0.5) is 0 Å². The van der Waals surface area contributed by atoms with Gasteiger partial charge in [0.25, 0.3) is 0 Å². The van der Waals surface area contributed by atoms with Crippen molar-refractivity contribution in [2.24, 2.45) is 0 Å². The van der Waals surface area contributed by atoms with E-state index in [0.717, 1.165) is 0 Å². The van der Waals surface area contributed by atoms with Gasteiger partial charge in [0.1, 0.15) is 5.78 Å². The minimum absolute atomic E-state index is 0. The third-order valence-electron chi connectivity index (χ3n) is 2.68. The molecule has 2 nitrogen and oxygen atoms in total. The molecule has 0 rings (SSSR count). The van der Waals surface area contributed by atoms with Crippen molar-refractivity contribution >= 4 is 5.78 Å². The van der Waals surface area contributed by atoms with E-state index in [1.54, 1.807) is 0 Å². The van der Waals surface area contributed by atoms with Crippen LogP contribution in [0.25, 0.3) is 0 Å². The van der Waals surface area contributed by atoms with E-state index < -0.39 is 0 Å². The van der Waals surface area contributed by atoms with Gasteiger partial charge in [-0.1, -0.05) is 0 Å². The summed E-state index contributed by atoms with van der Waals surface area (Å²) in [5.41, 5.74) is 0. The van der Waals surface area contributed by atoms with Crippen LogP contribution in [0, 0.1) is 0 Å². The number of hydrogen-bond donors (Lipinski definition) is 0. The molecule has 0 heterocycles. The molecular weight excluding hydrogens is 253 g/mol. The fourth-order valence-corrected chi connectivity index (χ4v) is 1.34. The minimum Gasteiger partial charge on any atom is -0.325 e. The Labute approximate surface area is 109 Å². The average molecular weight is 280 g/mol. The Morgan fingerprint density at radius 1 is 0.857 bits per heavy atom. The van der Waals surface area contributed by atoms with Crippen LogP contribution in [0.3, 0.4) is 0 Å². The molecule has 0 amide bonds. The Kier molecular flexibility index (Phi) is 16.5. The van der Waals surface area contributed by atoms with Gasteiger partial charge in [-0.2, -0.15) is 0 Å². The molecule has 0 aromatic carbocycles. The molecule has 80 valence electrons.